The molecular weight excluding hydrogens is 406 g/mol. The first-order valence-electron chi connectivity index (χ1n) is 8.73. The first kappa shape index (κ1) is 21.3. The third-order valence-corrected chi connectivity index (χ3v) is 4.72. The molecule has 156 valence electrons. The number of aliphatic hydroxyl groups is 1. The monoisotopic (exact) mass is 421 g/mol. The summed E-state index contributed by atoms with van der Waals surface area (Å²) >= 11 is 0. The van der Waals surface area contributed by atoms with Crippen LogP contribution in [-0.4, -0.2) is 41.0 Å². The average Bonchev–Trinajstić information content (AvgIpc) is 2.70. The number of hydrogen-bond acceptors (Lipinski definition) is 4. The number of carbonyl (C=O) groups excluding carboxylic acids is 2. The van der Waals surface area contributed by atoms with Crippen molar-refractivity contribution in [1.82, 2.24) is 4.90 Å². The van der Waals surface area contributed by atoms with Gasteiger partial charge >= 0.3 is 6.18 Å². The van der Waals surface area contributed by atoms with E-state index in [1.54, 1.807) is 6.07 Å². The van der Waals surface area contributed by atoms with Crippen LogP contribution in [0.5, 0.6) is 0 Å². The van der Waals surface area contributed by atoms with Crippen molar-refractivity contribution < 1.29 is 32.3 Å². The third-order valence-electron chi connectivity index (χ3n) is 4.72. The summed E-state index contributed by atoms with van der Waals surface area (Å²) in [5, 5.41) is 18.5. The fourth-order valence-corrected chi connectivity index (χ4v) is 3.16. The lowest BCUT2D eigenvalue weighted by atomic mass is 10.1. The van der Waals surface area contributed by atoms with Gasteiger partial charge < -0.3 is 10.0 Å². The molecule has 0 spiro atoms. The van der Waals surface area contributed by atoms with Crippen LogP contribution < -0.4 is 4.90 Å². The van der Waals surface area contributed by atoms with E-state index >= 15 is 0 Å². The van der Waals surface area contributed by atoms with Crippen molar-refractivity contribution >= 4 is 17.5 Å². The Kier molecular flexibility index (Phi) is 5.75. The third kappa shape index (κ3) is 4.11. The molecule has 0 unspecified atom stereocenters. The van der Waals surface area contributed by atoms with Crippen LogP contribution in [0.3, 0.4) is 0 Å². The van der Waals surface area contributed by atoms with Crippen molar-refractivity contribution in [3.63, 3.8) is 0 Å². The van der Waals surface area contributed by atoms with E-state index in [9.17, 15) is 32.3 Å². The SMILES string of the molecule is N#Cc1ccc(N2CC(=O)N(Cc3ccc(C(F)(F)F)cc3)[C@H](CO)C2=O)c(F)c1. The first-order chi connectivity index (χ1) is 14.2. The molecule has 2 aromatic carbocycles. The molecule has 1 heterocycles. The molecule has 3 rings (SSSR count). The molecule has 1 aliphatic heterocycles. The van der Waals surface area contributed by atoms with Gasteiger partial charge in [0.25, 0.3) is 5.91 Å². The van der Waals surface area contributed by atoms with Crippen molar-refractivity contribution in [3.05, 3.63) is 65.0 Å². The lowest BCUT2D eigenvalue weighted by Gasteiger charge is -2.39. The van der Waals surface area contributed by atoms with Crippen LogP contribution in [0.2, 0.25) is 0 Å². The highest BCUT2D eigenvalue weighted by Crippen LogP contribution is 2.30. The second-order valence-corrected chi connectivity index (χ2v) is 6.62. The molecule has 6 nitrogen and oxygen atoms in total. The Labute approximate surface area is 168 Å². The summed E-state index contributed by atoms with van der Waals surface area (Å²) in [6, 6.07) is 7.92. The van der Waals surface area contributed by atoms with E-state index in [1.807, 2.05) is 0 Å². The number of nitrogens with zero attached hydrogens (tertiary/aromatic N) is 3. The number of nitriles is 1. The van der Waals surface area contributed by atoms with Crippen LogP contribution >= 0.6 is 0 Å². The Hall–Kier alpha value is -3.45. The van der Waals surface area contributed by atoms with Gasteiger partial charge in [-0.15, -0.1) is 0 Å². The molecule has 1 saturated heterocycles. The number of alkyl halides is 3. The van der Waals surface area contributed by atoms with Gasteiger partial charge in [0.05, 0.1) is 29.5 Å². The zero-order valence-electron chi connectivity index (χ0n) is 15.4. The van der Waals surface area contributed by atoms with Crippen LogP contribution in [0.1, 0.15) is 16.7 Å². The molecule has 1 fully saturated rings. The number of amides is 2. The van der Waals surface area contributed by atoms with Gasteiger partial charge in [0, 0.05) is 6.54 Å². The van der Waals surface area contributed by atoms with Crippen molar-refractivity contribution in [2.24, 2.45) is 0 Å². The second kappa shape index (κ2) is 8.12. The quantitative estimate of drug-likeness (QED) is 0.769. The molecule has 1 aliphatic rings. The minimum Gasteiger partial charge on any atom is -0.394 e. The fourth-order valence-electron chi connectivity index (χ4n) is 3.16. The molecule has 0 aliphatic carbocycles. The highest BCUT2D eigenvalue weighted by atomic mass is 19.4. The minimum atomic E-state index is -4.51. The predicted molar refractivity (Wildman–Crippen MR) is 96.3 cm³/mol. The predicted octanol–water partition coefficient (Wildman–Crippen LogP) is 2.45. The molecule has 0 radical (unpaired) electrons. The van der Waals surface area contributed by atoms with Gasteiger partial charge in [-0.1, -0.05) is 12.1 Å². The van der Waals surface area contributed by atoms with Crippen LogP contribution in [0.25, 0.3) is 0 Å². The fraction of sp³-hybridized carbons (Fsp3) is 0.250. The summed E-state index contributed by atoms with van der Waals surface area (Å²) in [5.41, 5.74) is -0.691. The lowest BCUT2D eigenvalue weighted by Crippen LogP contribution is -2.61. The molecule has 0 saturated carbocycles. The Morgan fingerprint density at radius 1 is 1.13 bits per heavy atom. The molecule has 0 bridgehead atoms. The normalized spacial score (nSPS) is 17.3. The van der Waals surface area contributed by atoms with E-state index < -0.39 is 48.6 Å². The van der Waals surface area contributed by atoms with Crippen molar-refractivity contribution in [1.29, 1.82) is 5.26 Å². The van der Waals surface area contributed by atoms with Crippen LogP contribution in [0.15, 0.2) is 42.5 Å². The van der Waals surface area contributed by atoms with Crippen LogP contribution in [0.4, 0.5) is 23.2 Å². The van der Waals surface area contributed by atoms with E-state index in [0.29, 0.717) is 5.56 Å². The number of piperazine rings is 1. The van der Waals surface area contributed by atoms with E-state index in [-0.39, 0.29) is 17.8 Å². The smallest absolute Gasteiger partial charge is 0.394 e. The zero-order valence-corrected chi connectivity index (χ0v) is 15.4. The highest BCUT2D eigenvalue weighted by molar-refractivity contribution is 6.06. The number of rotatable bonds is 4. The van der Waals surface area contributed by atoms with Crippen LogP contribution in [0, 0.1) is 17.1 Å². The largest absolute Gasteiger partial charge is 0.416 e. The number of carbonyl (C=O) groups is 2. The number of hydrogen-bond donors (Lipinski definition) is 1. The van der Waals surface area contributed by atoms with Gasteiger partial charge in [0.1, 0.15) is 18.4 Å². The zero-order chi connectivity index (χ0) is 22.1. The number of aliphatic hydroxyl groups excluding tert-OH is 1. The molecule has 30 heavy (non-hydrogen) atoms. The molecule has 2 aromatic rings. The molecular formula is C20H15F4N3O3. The number of benzene rings is 2. The maximum Gasteiger partial charge on any atom is 0.416 e. The lowest BCUT2D eigenvalue weighted by molar-refractivity contribution is -0.145. The van der Waals surface area contributed by atoms with Gasteiger partial charge in [0.15, 0.2) is 0 Å². The van der Waals surface area contributed by atoms with Crippen molar-refractivity contribution in [2.45, 2.75) is 18.8 Å². The van der Waals surface area contributed by atoms with Gasteiger partial charge in [-0.3, -0.25) is 14.5 Å². The summed E-state index contributed by atoms with van der Waals surface area (Å²) in [4.78, 5) is 27.3. The molecule has 0 aromatic heterocycles. The Morgan fingerprint density at radius 2 is 1.80 bits per heavy atom. The first-order valence-corrected chi connectivity index (χ1v) is 8.73. The standard InChI is InChI=1S/C20H15F4N3O3/c21-15-7-13(8-25)3-6-16(15)27-10-18(29)26(17(11-28)19(27)30)9-12-1-4-14(5-2-12)20(22,23)24/h1-7,17,28H,9-11H2/t17-/m1/s1. The Bertz CT molecular complexity index is 1020. The van der Waals surface area contributed by atoms with Gasteiger partial charge in [-0.2, -0.15) is 18.4 Å². The maximum atomic E-state index is 14.3. The van der Waals surface area contributed by atoms with Gasteiger partial charge in [-0.25, -0.2) is 4.39 Å². The van der Waals surface area contributed by atoms with Crippen molar-refractivity contribution in [2.75, 3.05) is 18.1 Å². The molecule has 10 heteroatoms. The summed E-state index contributed by atoms with van der Waals surface area (Å²) in [7, 11) is 0. The second-order valence-electron chi connectivity index (χ2n) is 6.62. The number of halogens is 4. The minimum absolute atomic E-state index is 0.0367. The topological polar surface area (TPSA) is 84.6 Å². The summed E-state index contributed by atoms with van der Waals surface area (Å²) in [6.45, 7) is -1.46. The summed E-state index contributed by atoms with van der Waals surface area (Å²) < 4.78 is 52.4. The summed E-state index contributed by atoms with van der Waals surface area (Å²) in [5.74, 6) is -2.23. The van der Waals surface area contributed by atoms with Gasteiger partial charge in [0.2, 0.25) is 5.91 Å². The van der Waals surface area contributed by atoms with Gasteiger partial charge in [-0.05, 0) is 35.9 Å². The Morgan fingerprint density at radius 3 is 2.33 bits per heavy atom. The summed E-state index contributed by atoms with van der Waals surface area (Å²) in [6.07, 6.45) is -4.51. The molecule has 1 atom stereocenters. The van der Waals surface area contributed by atoms with E-state index in [0.717, 1.165) is 28.0 Å². The maximum absolute atomic E-state index is 14.3. The number of anilines is 1. The van der Waals surface area contributed by atoms with E-state index in [4.69, 9.17) is 5.26 Å². The molecule has 2 amide bonds. The Balaban J connectivity index is 1.84. The van der Waals surface area contributed by atoms with E-state index in [1.165, 1.54) is 24.3 Å². The van der Waals surface area contributed by atoms with Crippen LogP contribution in [-0.2, 0) is 22.3 Å². The average molecular weight is 421 g/mol. The van der Waals surface area contributed by atoms with E-state index in [2.05, 4.69) is 0 Å². The molecule has 1 N–H and O–H groups in total. The highest BCUT2D eigenvalue weighted by Gasteiger charge is 2.40. The van der Waals surface area contributed by atoms with Crippen molar-refractivity contribution in [3.8, 4) is 6.07 Å².